The summed E-state index contributed by atoms with van der Waals surface area (Å²) in [6, 6.07) is 7.75. The summed E-state index contributed by atoms with van der Waals surface area (Å²) >= 11 is 0. The molecule has 0 aliphatic rings. The van der Waals surface area contributed by atoms with E-state index in [2.05, 4.69) is 0 Å². The molecule has 138 valence electrons. The minimum Gasteiger partial charge on any atom is -0.304 e. The molecule has 0 radical (unpaired) electrons. The van der Waals surface area contributed by atoms with Gasteiger partial charge in [0, 0.05) is 16.3 Å². The Balaban J connectivity index is 2.29. The van der Waals surface area contributed by atoms with Crippen molar-refractivity contribution in [1.82, 2.24) is 4.57 Å². The number of fused-ring (bicyclic) bond motifs is 3. The van der Waals surface area contributed by atoms with Gasteiger partial charge < -0.3 is 4.57 Å². The smallest absolute Gasteiger partial charge is 0.186 e. The molecule has 0 N–H and O–H groups in total. The summed E-state index contributed by atoms with van der Waals surface area (Å²) in [5, 5.41) is 1.14. The Labute approximate surface area is 151 Å². The van der Waals surface area contributed by atoms with Crippen molar-refractivity contribution in [2.24, 2.45) is 0 Å². The van der Waals surface area contributed by atoms with Crippen LogP contribution in [0.4, 0.5) is 22.0 Å². The third-order valence-corrected chi connectivity index (χ3v) is 4.88. The van der Waals surface area contributed by atoms with Gasteiger partial charge in [0.15, 0.2) is 23.3 Å². The van der Waals surface area contributed by atoms with E-state index in [1.165, 1.54) is 0 Å². The first kappa shape index (κ1) is 17.5. The van der Waals surface area contributed by atoms with Crippen molar-refractivity contribution < 1.29 is 22.0 Å². The average Bonchev–Trinajstić information content (AvgIpc) is 2.92. The van der Waals surface area contributed by atoms with Crippen LogP contribution >= 0.6 is 0 Å². The molecular formula is C21H14F5N. The first-order valence-corrected chi connectivity index (χ1v) is 8.26. The fourth-order valence-corrected chi connectivity index (χ4v) is 3.43. The highest BCUT2D eigenvalue weighted by atomic mass is 19.2. The zero-order valence-electron chi connectivity index (χ0n) is 14.7. The number of aromatic nitrogens is 1. The maximum absolute atomic E-state index is 14.7. The summed E-state index contributed by atoms with van der Waals surface area (Å²) < 4.78 is 73.0. The lowest BCUT2D eigenvalue weighted by Gasteiger charge is -2.13. The van der Waals surface area contributed by atoms with E-state index in [4.69, 9.17) is 0 Å². The van der Waals surface area contributed by atoms with Crippen molar-refractivity contribution in [3.05, 3.63) is 76.1 Å². The summed E-state index contributed by atoms with van der Waals surface area (Å²) in [7, 11) is 0. The van der Waals surface area contributed by atoms with E-state index < -0.39 is 40.3 Å². The molecule has 0 unspecified atom stereocenters. The number of hydrogen-bond acceptors (Lipinski definition) is 0. The zero-order valence-corrected chi connectivity index (χ0v) is 14.7. The predicted octanol–water partition coefficient (Wildman–Crippen LogP) is 6.40. The van der Waals surface area contributed by atoms with Gasteiger partial charge in [-0.2, -0.15) is 0 Å². The molecule has 0 atom stereocenters. The first-order valence-electron chi connectivity index (χ1n) is 8.26. The van der Waals surface area contributed by atoms with E-state index >= 15 is 0 Å². The van der Waals surface area contributed by atoms with Crippen LogP contribution in [0.15, 0.2) is 30.3 Å². The molecule has 0 amide bonds. The molecule has 3 aromatic carbocycles. The van der Waals surface area contributed by atoms with Crippen LogP contribution in [0.2, 0.25) is 0 Å². The Morgan fingerprint density at radius 1 is 0.667 bits per heavy atom. The fourth-order valence-electron chi connectivity index (χ4n) is 3.43. The molecule has 0 saturated carbocycles. The molecule has 4 rings (SSSR count). The molecule has 27 heavy (non-hydrogen) atoms. The van der Waals surface area contributed by atoms with Gasteiger partial charge in [-0.3, -0.25) is 0 Å². The van der Waals surface area contributed by atoms with E-state index in [9.17, 15) is 22.0 Å². The molecule has 0 saturated heterocycles. The summed E-state index contributed by atoms with van der Waals surface area (Å²) in [6.45, 7) is 4.37. The van der Waals surface area contributed by atoms with Gasteiger partial charge in [0.25, 0.3) is 0 Å². The molecule has 1 aromatic heterocycles. The van der Waals surface area contributed by atoms with Crippen molar-refractivity contribution >= 4 is 21.8 Å². The molecule has 1 nitrogen and oxygen atoms in total. The first-order chi connectivity index (χ1) is 12.7. The quantitative estimate of drug-likeness (QED) is 0.268. The number of hydrogen-bond donors (Lipinski definition) is 0. The average molecular weight is 375 g/mol. The van der Waals surface area contributed by atoms with Gasteiger partial charge in [0.2, 0.25) is 0 Å². The van der Waals surface area contributed by atoms with Gasteiger partial charge in [0.05, 0.1) is 11.0 Å². The van der Waals surface area contributed by atoms with Gasteiger partial charge in [-0.05, 0) is 50.6 Å². The number of nitrogens with zero attached hydrogens (tertiary/aromatic N) is 1. The lowest BCUT2D eigenvalue weighted by Crippen LogP contribution is -2.09. The number of aryl methyl sites for hydroxylation is 2. The van der Waals surface area contributed by atoms with Crippen molar-refractivity contribution in [2.45, 2.75) is 20.8 Å². The Morgan fingerprint density at radius 2 is 1.26 bits per heavy atom. The third-order valence-electron chi connectivity index (χ3n) is 4.88. The molecule has 4 aromatic rings. The lowest BCUT2D eigenvalue weighted by atomic mass is 10.1. The normalized spacial score (nSPS) is 11.7. The standard InChI is InChI=1S/C21H14F5N/c1-9-4-5-15-12(6-9)13-7-10(2)14(22)8-16(13)27(15)21-19(25)17(23)11(3)18(24)20(21)26/h4-8H,1-3H3. The molecule has 0 aliphatic carbocycles. The van der Waals surface area contributed by atoms with Gasteiger partial charge >= 0.3 is 0 Å². The largest absolute Gasteiger partial charge is 0.304 e. The highest BCUT2D eigenvalue weighted by molar-refractivity contribution is 6.09. The highest BCUT2D eigenvalue weighted by Gasteiger charge is 2.27. The fraction of sp³-hybridized carbons (Fsp3) is 0.143. The van der Waals surface area contributed by atoms with Crippen molar-refractivity contribution in [1.29, 1.82) is 0 Å². The predicted molar refractivity (Wildman–Crippen MR) is 94.8 cm³/mol. The monoisotopic (exact) mass is 375 g/mol. The lowest BCUT2D eigenvalue weighted by molar-refractivity contribution is 0.441. The summed E-state index contributed by atoms with van der Waals surface area (Å²) in [5.41, 5.74) is 0.0336. The van der Waals surface area contributed by atoms with E-state index in [0.29, 0.717) is 21.9 Å². The molecule has 0 fully saturated rings. The van der Waals surface area contributed by atoms with E-state index in [0.717, 1.165) is 23.1 Å². The number of halogens is 5. The Hall–Kier alpha value is -2.89. The summed E-state index contributed by atoms with van der Waals surface area (Å²) in [4.78, 5) is 0. The van der Waals surface area contributed by atoms with Crippen LogP contribution in [0.1, 0.15) is 16.7 Å². The van der Waals surface area contributed by atoms with Gasteiger partial charge in [0.1, 0.15) is 11.5 Å². The molecule has 0 aliphatic heterocycles. The van der Waals surface area contributed by atoms with E-state index in [1.807, 2.05) is 6.92 Å². The second-order valence-electron chi connectivity index (χ2n) is 6.70. The summed E-state index contributed by atoms with van der Waals surface area (Å²) in [5.74, 6) is -6.58. The minimum absolute atomic E-state index is 0.124. The second-order valence-corrected chi connectivity index (χ2v) is 6.70. The van der Waals surface area contributed by atoms with E-state index in [1.54, 1.807) is 31.2 Å². The summed E-state index contributed by atoms with van der Waals surface area (Å²) in [6.07, 6.45) is 0. The molecular weight excluding hydrogens is 361 g/mol. The van der Waals surface area contributed by atoms with Gasteiger partial charge in [-0.25, -0.2) is 22.0 Å². The van der Waals surface area contributed by atoms with Crippen molar-refractivity contribution in [2.75, 3.05) is 0 Å². The maximum atomic E-state index is 14.7. The van der Waals surface area contributed by atoms with Crippen LogP contribution in [0.3, 0.4) is 0 Å². The molecule has 6 heteroatoms. The van der Waals surface area contributed by atoms with Crippen LogP contribution in [-0.4, -0.2) is 4.57 Å². The van der Waals surface area contributed by atoms with Crippen LogP contribution in [0, 0.1) is 49.9 Å². The van der Waals surface area contributed by atoms with Crippen LogP contribution in [-0.2, 0) is 0 Å². The molecule has 0 spiro atoms. The van der Waals surface area contributed by atoms with E-state index in [-0.39, 0.29) is 5.52 Å². The molecule has 0 bridgehead atoms. The van der Waals surface area contributed by atoms with Gasteiger partial charge in [-0.1, -0.05) is 11.6 Å². The maximum Gasteiger partial charge on any atom is 0.186 e. The minimum atomic E-state index is -1.52. The zero-order chi connectivity index (χ0) is 19.6. The van der Waals surface area contributed by atoms with Crippen molar-refractivity contribution in [3.63, 3.8) is 0 Å². The third kappa shape index (κ3) is 2.36. The Kier molecular flexibility index (Phi) is 3.77. The highest BCUT2D eigenvalue weighted by Crippen LogP contribution is 2.37. The van der Waals surface area contributed by atoms with Crippen LogP contribution in [0.25, 0.3) is 27.5 Å². The SMILES string of the molecule is Cc1ccc2c(c1)c1cc(C)c(F)cc1n2-c1c(F)c(F)c(C)c(F)c1F. The van der Waals surface area contributed by atoms with Crippen LogP contribution in [0.5, 0.6) is 0 Å². The van der Waals surface area contributed by atoms with Crippen molar-refractivity contribution in [3.8, 4) is 5.69 Å². The second kappa shape index (κ2) is 5.81. The number of benzene rings is 3. The van der Waals surface area contributed by atoms with Crippen LogP contribution < -0.4 is 0 Å². The molecule has 1 heterocycles. The Bertz CT molecular complexity index is 1220. The topological polar surface area (TPSA) is 4.93 Å². The number of rotatable bonds is 1. The Morgan fingerprint density at radius 3 is 1.89 bits per heavy atom. The van der Waals surface area contributed by atoms with Gasteiger partial charge in [-0.15, -0.1) is 0 Å².